The van der Waals surface area contributed by atoms with Crippen molar-refractivity contribution in [3.8, 4) is 0 Å². The Balaban J connectivity index is 2.27. The van der Waals surface area contributed by atoms with Crippen LogP contribution in [0.25, 0.3) is 0 Å². The molecular weight excluding hydrogens is 310 g/mol. The number of methoxy groups -OCH3 is 1. The maximum Gasteiger partial charge on any atom is 0.344 e. The fourth-order valence-corrected chi connectivity index (χ4v) is 3.24. The summed E-state index contributed by atoms with van der Waals surface area (Å²) in [6.45, 7) is 7.62. The second-order valence-corrected chi connectivity index (χ2v) is 6.36. The summed E-state index contributed by atoms with van der Waals surface area (Å²) < 4.78 is 4.72. The van der Waals surface area contributed by atoms with Gasteiger partial charge in [-0.15, -0.1) is 0 Å². The molecule has 1 aromatic rings. The van der Waals surface area contributed by atoms with E-state index >= 15 is 0 Å². The topological polar surface area (TPSA) is 75.9 Å². The van der Waals surface area contributed by atoms with Crippen LogP contribution in [0, 0.1) is 23.0 Å². The van der Waals surface area contributed by atoms with E-state index in [1.54, 1.807) is 19.1 Å². The molecule has 1 heterocycles. The van der Waals surface area contributed by atoms with Crippen molar-refractivity contribution in [3.05, 3.63) is 33.4 Å². The second-order valence-electron chi connectivity index (χ2n) is 6.36. The third kappa shape index (κ3) is 3.84. The number of nitro benzene ring substituents is 1. The zero-order valence-electron chi connectivity index (χ0n) is 14.7. The lowest BCUT2D eigenvalue weighted by atomic mass is 10.1. The first-order valence-electron chi connectivity index (χ1n) is 8.18. The Morgan fingerprint density at radius 2 is 2.21 bits per heavy atom. The standard InChI is InChI=1S/C17H25N3O4/c1-5-18(3)10-13-6-7-19(11-13)14-8-12(2)16(20(22)23)15(9-14)17(21)24-4/h8-9,13H,5-7,10-11H2,1-4H3. The van der Waals surface area contributed by atoms with Crippen LogP contribution in [0.1, 0.15) is 29.3 Å². The van der Waals surface area contributed by atoms with Crippen molar-refractivity contribution in [2.75, 3.05) is 45.2 Å². The summed E-state index contributed by atoms with van der Waals surface area (Å²) >= 11 is 0. The summed E-state index contributed by atoms with van der Waals surface area (Å²) in [6.07, 6.45) is 1.08. The number of esters is 1. The first kappa shape index (κ1) is 18.2. The van der Waals surface area contributed by atoms with E-state index in [0.717, 1.165) is 38.3 Å². The summed E-state index contributed by atoms with van der Waals surface area (Å²) in [5.74, 6) is -0.111. The molecule has 24 heavy (non-hydrogen) atoms. The zero-order valence-corrected chi connectivity index (χ0v) is 14.7. The van der Waals surface area contributed by atoms with Crippen LogP contribution in [0.3, 0.4) is 0 Å². The largest absolute Gasteiger partial charge is 0.465 e. The molecule has 1 unspecified atom stereocenters. The summed E-state index contributed by atoms with van der Waals surface area (Å²) in [6, 6.07) is 3.37. The van der Waals surface area contributed by atoms with Crippen LogP contribution in [0.5, 0.6) is 0 Å². The van der Waals surface area contributed by atoms with Crippen molar-refractivity contribution in [1.29, 1.82) is 0 Å². The monoisotopic (exact) mass is 335 g/mol. The maximum absolute atomic E-state index is 12.0. The van der Waals surface area contributed by atoms with Crippen molar-refractivity contribution < 1.29 is 14.5 Å². The molecule has 2 rings (SSSR count). The number of benzene rings is 1. The lowest BCUT2D eigenvalue weighted by Gasteiger charge is -2.22. The van der Waals surface area contributed by atoms with Crippen LogP contribution in [0.2, 0.25) is 0 Å². The molecule has 7 heteroatoms. The number of carbonyl (C=O) groups excluding carboxylic acids is 1. The molecule has 0 aromatic heterocycles. The lowest BCUT2D eigenvalue weighted by Crippen LogP contribution is -2.28. The molecule has 132 valence electrons. The number of carbonyl (C=O) groups is 1. The van der Waals surface area contributed by atoms with Crippen LogP contribution < -0.4 is 4.90 Å². The Morgan fingerprint density at radius 3 is 2.79 bits per heavy atom. The van der Waals surface area contributed by atoms with Crippen LogP contribution in [-0.4, -0.2) is 56.1 Å². The number of hydrogen-bond donors (Lipinski definition) is 0. The minimum atomic E-state index is -0.673. The molecule has 0 saturated carbocycles. The van der Waals surface area contributed by atoms with Crippen molar-refractivity contribution in [2.24, 2.45) is 5.92 Å². The summed E-state index contributed by atoms with van der Waals surface area (Å²) in [5.41, 5.74) is 1.17. The van der Waals surface area contributed by atoms with Crippen molar-refractivity contribution >= 4 is 17.3 Å². The van der Waals surface area contributed by atoms with Gasteiger partial charge in [0.2, 0.25) is 0 Å². The normalized spacial score (nSPS) is 17.4. The van der Waals surface area contributed by atoms with E-state index in [1.807, 2.05) is 0 Å². The Kier molecular flexibility index (Phi) is 5.77. The molecule has 1 atom stereocenters. The van der Waals surface area contributed by atoms with Crippen LogP contribution in [-0.2, 0) is 4.74 Å². The van der Waals surface area contributed by atoms with Gasteiger partial charge < -0.3 is 14.5 Å². The van der Waals surface area contributed by atoms with Gasteiger partial charge >= 0.3 is 5.97 Å². The van der Waals surface area contributed by atoms with E-state index in [0.29, 0.717) is 11.5 Å². The molecular formula is C17H25N3O4. The van der Waals surface area contributed by atoms with Gasteiger partial charge in [-0.2, -0.15) is 0 Å². The quantitative estimate of drug-likeness (QED) is 0.451. The number of hydrogen-bond acceptors (Lipinski definition) is 6. The third-order valence-corrected chi connectivity index (χ3v) is 4.63. The van der Waals surface area contributed by atoms with Gasteiger partial charge in [0.15, 0.2) is 0 Å². The Hall–Kier alpha value is -2.15. The lowest BCUT2D eigenvalue weighted by molar-refractivity contribution is -0.385. The highest BCUT2D eigenvalue weighted by molar-refractivity contribution is 5.95. The fourth-order valence-electron chi connectivity index (χ4n) is 3.24. The fraction of sp³-hybridized carbons (Fsp3) is 0.588. The van der Waals surface area contributed by atoms with Crippen LogP contribution >= 0.6 is 0 Å². The van der Waals surface area contributed by atoms with Crippen LogP contribution in [0.4, 0.5) is 11.4 Å². The number of rotatable bonds is 6. The molecule has 1 aliphatic heterocycles. The van der Waals surface area contributed by atoms with Gasteiger partial charge in [0.1, 0.15) is 5.56 Å². The molecule has 1 fully saturated rings. The molecule has 1 saturated heterocycles. The Bertz CT molecular complexity index is 633. The zero-order chi connectivity index (χ0) is 17.9. The number of nitro groups is 1. The van der Waals surface area contributed by atoms with E-state index in [-0.39, 0.29) is 11.3 Å². The smallest absolute Gasteiger partial charge is 0.344 e. The maximum atomic E-state index is 12.0. The van der Waals surface area contributed by atoms with Gasteiger partial charge in [0.25, 0.3) is 5.69 Å². The molecule has 0 N–H and O–H groups in total. The average molecular weight is 335 g/mol. The third-order valence-electron chi connectivity index (χ3n) is 4.63. The van der Waals surface area contributed by atoms with Crippen molar-refractivity contribution in [1.82, 2.24) is 4.90 Å². The van der Waals surface area contributed by atoms with Gasteiger partial charge in [-0.1, -0.05) is 6.92 Å². The SMILES string of the molecule is CCN(C)CC1CCN(c2cc(C)c([N+](=O)[O-])c(C(=O)OC)c2)C1. The molecule has 7 nitrogen and oxygen atoms in total. The van der Waals surface area contributed by atoms with Crippen molar-refractivity contribution in [3.63, 3.8) is 0 Å². The number of nitrogens with zero attached hydrogens (tertiary/aromatic N) is 3. The van der Waals surface area contributed by atoms with E-state index < -0.39 is 10.9 Å². The average Bonchev–Trinajstić information content (AvgIpc) is 3.01. The van der Waals surface area contributed by atoms with E-state index in [9.17, 15) is 14.9 Å². The molecule has 0 radical (unpaired) electrons. The van der Waals surface area contributed by atoms with Crippen molar-refractivity contribution in [2.45, 2.75) is 20.3 Å². The predicted octanol–water partition coefficient (Wildman–Crippen LogP) is 2.47. The highest BCUT2D eigenvalue weighted by Gasteiger charge is 2.29. The van der Waals surface area contributed by atoms with Gasteiger partial charge in [-0.3, -0.25) is 10.1 Å². The Morgan fingerprint density at radius 1 is 1.50 bits per heavy atom. The van der Waals surface area contributed by atoms with Gasteiger partial charge in [0, 0.05) is 30.9 Å². The molecule has 1 aromatic carbocycles. The molecule has 0 bridgehead atoms. The first-order valence-corrected chi connectivity index (χ1v) is 8.18. The van der Waals surface area contributed by atoms with E-state index in [1.165, 1.54) is 7.11 Å². The van der Waals surface area contributed by atoms with Gasteiger partial charge in [-0.25, -0.2) is 4.79 Å². The minimum Gasteiger partial charge on any atom is -0.465 e. The number of aryl methyl sites for hydroxylation is 1. The molecule has 0 amide bonds. The Labute approximate surface area is 142 Å². The van der Waals surface area contributed by atoms with Crippen LogP contribution in [0.15, 0.2) is 12.1 Å². The van der Waals surface area contributed by atoms with E-state index in [4.69, 9.17) is 4.74 Å². The highest BCUT2D eigenvalue weighted by atomic mass is 16.6. The first-order chi connectivity index (χ1) is 11.4. The predicted molar refractivity (Wildman–Crippen MR) is 92.7 cm³/mol. The van der Waals surface area contributed by atoms with Gasteiger partial charge in [0.05, 0.1) is 12.0 Å². The summed E-state index contributed by atoms with van der Waals surface area (Å²) in [5, 5.41) is 11.3. The minimum absolute atomic E-state index is 0.0200. The van der Waals surface area contributed by atoms with Gasteiger partial charge in [-0.05, 0) is 45.0 Å². The van der Waals surface area contributed by atoms with E-state index in [2.05, 4.69) is 23.8 Å². The summed E-state index contributed by atoms with van der Waals surface area (Å²) in [7, 11) is 3.34. The number of anilines is 1. The number of ether oxygens (including phenoxy) is 1. The molecule has 0 spiro atoms. The molecule has 0 aliphatic carbocycles. The highest BCUT2D eigenvalue weighted by Crippen LogP contribution is 2.32. The summed E-state index contributed by atoms with van der Waals surface area (Å²) in [4.78, 5) is 27.2. The second kappa shape index (κ2) is 7.61. The molecule has 1 aliphatic rings.